The van der Waals surface area contributed by atoms with Crippen LogP contribution >= 0.6 is 0 Å². The van der Waals surface area contributed by atoms with E-state index in [1.807, 2.05) is 0 Å². The highest BCUT2D eigenvalue weighted by Crippen LogP contribution is 2.10. The molecule has 0 radical (unpaired) electrons. The molecule has 16 heavy (non-hydrogen) atoms. The van der Waals surface area contributed by atoms with E-state index in [-0.39, 0.29) is 0 Å². The predicted octanol–water partition coefficient (Wildman–Crippen LogP) is -1.39. The zero-order valence-corrected chi connectivity index (χ0v) is 10.3. The molecule has 1 aromatic rings. The third-order valence-corrected chi connectivity index (χ3v) is 3.42. The third kappa shape index (κ3) is 2.97. The van der Waals surface area contributed by atoms with Gasteiger partial charge in [0.15, 0.2) is 0 Å². The minimum Gasteiger partial charge on any atom is -0.497 e. The Morgan fingerprint density at radius 3 is 2.25 bits per heavy atom. The Morgan fingerprint density at radius 2 is 1.69 bits per heavy atom. The third-order valence-electron chi connectivity index (χ3n) is 3.42. The largest absolute Gasteiger partial charge is 0.497 e. The lowest BCUT2D eigenvalue weighted by Gasteiger charge is -2.27. The van der Waals surface area contributed by atoms with Gasteiger partial charge in [-0.1, -0.05) is 0 Å². The van der Waals surface area contributed by atoms with E-state index in [1.165, 1.54) is 31.7 Å². The normalized spacial score (nSPS) is 25.4. The molecule has 0 bridgehead atoms. The number of nitrogens with one attached hydrogen (secondary N) is 2. The van der Waals surface area contributed by atoms with E-state index in [1.54, 1.807) is 16.9 Å². The second-order valence-corrected chi connectivity index (χ2v) is 4.73. The van der Waals surface area contributed by atoms with Crippen molar-refractivity contribution in [2.45, 2.75) is 6.54 Å². The van der Waals surface area contributed by atoms with Crippen LogP contribution in [0.5, 0.6) is 5.75 Å². The van der Waals surface area contributed by atoms with Crippen LogP contribution in [0.1, 0.15) is 5.56 Å². The lowest BCUT2D eigenvalue weighted by Crippen LogP contribution is -3.26. The first kappa shape index (κ1) is 11.4. The molecular formula is C13H22N2O+2. The molecule has 0 atom stereocenters. The molecule has 1 fully saturated rings. The number of hydrogen-bond donors (Lipinski definition) is 2. The van der Waals surface area contributed by atoms with Crippen molar-refractivity contribution in [3.8, 4) is 5.75 Å². The number of rotatable bonds is 3. The Balaban J connectivity index is 1.88. The minimum atomic E-state index is 0.946. The smallest absolute Gasteiger partial charge is 0.127 e. The fourth-order valence-corrected chi connectivity index (χ4v) is 2.24. The van der Waals surface area contributed by atoms with Crippen LogP contribution in [0.15, 0.2) is 24.3 Å². The Morgan fingerprint density at radius 1 is 1.06 bits per heavy atom. The lowest BCUT2D eigenvalue weighted by molar-refractivity contribution is -1.01. The molecule has 0 spiro atoms. The molecule has 0 unspecified atom stereocenters. The second-order valence-electron chi connectivity index (χ2n) is 4.73. The number of benzene rings is 1. The Bertz CT molecular complexity index is 315. The van der Waals surface area contributed by atoms with E-state index < -0.39 is 0 Å². The molecule has 2 rings (SSSR count). The molecule has 3 nitrogen and oxygen atoms in total. The summed E-state index contributed by atoms with van der Waals surface area (Å²) in [6, 6.07) is 8.46. The van der Waals surface area contributed by atoms with Gasteiger partial charge >= 0.3 is 0 Å². The fourth-order valence-electron chi connectivity index (χ4n) is 2.24. The molecule has 1 saturated heterocycles. The number of hydrogen-bond acceptors (Lipinski definition) is 1. The molecule has 2 N–H and O–H groups in total. The molecule has 1 aromatic carbocycles. The van der Waals surface area contributed by atoms with Crippen molar-refractivity contribution in [3.63, 3.8) is 0 Å². The maximum atomic E-state index is 5.16. The second kappa shape index (κ2) is 5.32. The molecule has 1 heterocycles. The first-order chi connectivity index (χ1) is 7.78. The van der Waals surface area contributed by atoms with Crippen LogP contribution in [0.4, 0.5) is 0 Å². The summed E-state index contributed by atoms with van der Waals surface area (Å²) in [6.45, 7) is 6.32. The van der Waals surface area contributed by atoms with Crippen LogP contribution in [0.3, 0.4) is 0 Å². The SMILES string of the molecule is COc1ccc(C[NH+]2CC[NH+](C)CC2)cc1. The topological polar surface area (TPSA) is 18.1 Å². The number of methoxy groups -OCH3 is 1. The minimum absolute atomic E-state index is 0.946. The maximum Gasteiger partial charge on any atom is 0.127 e. The summed E-state index contributed by atoms with van der Waals surface area (Å²) in [4.78, 5) is 3.37. The lowest BCUT2D eigenvalue weighted by atomic mass is 10.2. The number of ether oxygens (including phenoxy) is 1. The van der Waals surface area contributed by atoms with E-state index >= 15 is 0 Å². The molecule has 0 saturated carbocycles. The number of likely N-dealkylation sites (N-methyl/N-ethyl adjacent to an activating group) is 1. The highest BCUT2D eigenvalue weighted by atomic mass is 16.5. The maximum absolute atomic E-state index is 5.16. The van der Waals surface area contributed by atoms with E-state index in [4.69, 9.17) is 4.74 Å². The van der Waals surface area contributed by atoms with Crippen molar-refractivity contribution in [1.29, 1.82) is 0 Å². The molecule has 1 aliphatic heterocycles. The first-order valence-corrected chi connectivity index (χ1v) is 6.06. The zero-order chi connectivity index (χ0) is 11.4. The van der Waals surface area contributed by atoms with Crippen LogP contribution in [-0.4, -0.2) is 40.3 Å². The van der Waals surface area contributed by atoms with Crippen molar-refractivity contribution < 1.29 is 14.5 Å². The van der Waals surface area contributed by atoms with Gasteiger partial charge in [0, 0.05) is 5.56 Å². The zero-order valence-electron chi connectivity index (χ0n) is 10.3. The monoisotopic (exact) mass is 222 g/mol. The first-order valence-electron chi connectivity index (χ1n) is 6.06. The van der Waals surface area contributed by atoms with Crippen molar-refractivity contribution in [2.24, 2.45) is 0 Å². The summed E-state index contributed by atoms with van der Waals surface area (Å²) in [5.74, 6) is 0.946. The van der Waals surface area contributed by atoms with Gasteiger partial charge in [-0.25, -0.2) is 0 Å². The predicted molar refractivity (Wildman–Crippen MR) is 64.0 cm³/mol. The molecule has 1 aliphatic rings. The summed E-state index contributed by atoms with van der Waals surface area (Å²) < 4.78 is 5.16. The summed E-state index contributed by atoms with van der Waals surface area (Å²) in [6.07, 6.45) is 0. The van der Waals surface area contributed by atoms with E-state index in [0.29, 0.717) is 0 Å². The summed E-state index contributed by atoms with van der Waals surface area (Å²) >= 11 is 0. The molecule has 3 heteroatoms. The Hall–Kier alpha value is -1.06. The van der Waals surface area contributed by atoms with Gasteiger partial charge in [-0.3, -0.25) is 0 Å². The molecule has 0 aromatic heterocycles. The molecule has 0 amide bonds. The van der Waals surface area contributed by atoms with Crippen LogP contribution in [0.2, 0.25) is 0 Å². The molecule has 88 valence electrons. The van der Waals surface area contributed by atoms with Gasteiger partial charge in [-0.05, 0) is 24.3 Å². The highest BCUT2D eigenvalue weighted by Gasteiger charge is 2.19. The van der Waals surface area contributed by atoms with Crippen molar-refractivity contribution in [3.05, 3.63) is 29.8 Å². The fraction of sp³-hybridized carbons (Fsp3) is 0.538. The van der Waals surface area contributed by atoms with Gasteiger partial charge in [0.2, 0.25) is 0 Å². The van der Waals surface area contributed by atoms with Crippen molar-refractivity contribution in [2.75, 3.05) is 40.3 Å². The summed E-state index contributed by atoms with van der Waals surface area (Å²) in [5, 5.41) is 0. The number of quaternary nitrogens is 2. The van der Waals surface area contributed by atoms with Gasteiger partial charge < -0.3 is 14.5 Å². The molecular weight excluding hydrogens is 200 g/mol. The highest BCUT2D eigenvalue weighted by molar-refractivity contribution is 5.26. The van der Waals surface area contributed by atoms with E-state index in [0.717, 1.165) is 12.3 Å². The van der Waals surface area contributed by atoms with Crippen molar-refractivity contribution >= 4 is 0 Å². The van der Waals surface area contributed by atoms with E-state index in [2.05, 4.69) is 31.3 Å². The summed E-state index contributed by atoms with van der Waals surface area (Å²) in [5.41, 5.74) is 1.41. The quantitative estimate of drug-likeness (QED) is 0.644. The van der Waals surface area contributed by atoms with Gasteiger partial charge in [-0.15, -0.1) is 0 Å². The Labute approximate surface area is 97.6 Å². The van der Waals surface area contributed by atoms with Crippen LogP contribution in [-0.2, 0) is 6.54 Å². The van der Waals surface area contributed by atoms with Crippen molar-refractivity contribution in [1.82, 2.24) is 0 Å². The standard InChI is InChI=1S/C13H20N2O/c1-14-7-9-15(10-8-14)11-12-3-5-13(16-2)6-4-12/h3-6H,7-11H2,1-2H3/p+2. The van der Waals surface area contributed by atoms with Gasteiger partial charge in [0.05, 0.1) is 14.2 Å². The summed E-state index contributed by atoms with van der Waals surface area (Å²) in [7, 11) is 3.99. The molecule has 0 aliphatic carbocycles. The number of piperazine rings is 1. The van der Waals surface area contributed by atoms with E-state index in [9.17, 15) is 0 Å². The average molecular weight is 222 g/mol. The van der Waals surface area contributed by atoms with Gasteiger partial charge in [0.25, 0.3) is 0 Å². The van der Waals surface area contributed by atoms with Crippen LogP contribution < -0.4 is 14.5 Å². The van der Waals surface area contributed by atoms with Gasteiger partial charge in [-0.2, -0.15) is 0 Å². The van der Waals surface area contributed by atoms with Crippen LogP contribution in [0.25, 0.3) is 0 Å². The van der Waals surface area contributed by atoms with Gasteiger partial charge in [0.1, 0.15) is 38.5 Å². The Kier molecular flexibility index (Phi) is 3.80. The average Bonchev–Trinajstić information content (AvgIpc) is 2.33. The van der Waals surface area contributed by atoms with Crippen LogP contribution in [0, 0.1) is 0 Å².